The molecule has 0 aliphatic rings. The van der Waals surface area contributed by atoms with Crippen LogP contribution in [0.15, 0.2) is 71.8 Å². The van der Waals surface area contributed by atoms with Crippen molar-refractivity contribution in [1.29, 1.82) is 0 Å². The first-order valence-corrected chi connectivity index (χ1v) is 10.5. The van der Waals surface area contributed by atoms with Crippen LogP contribution in [0.5, 0.6) is 11.5 Å². The summed E-state index contributed by atoms with van der Waals surface area (Å²) in [5, 5.41) is 4.30. The van der Waals surface area contributed by atoms with E-state index in [9.17, 15) is 4.79 Å². The molecule has 0 aliphatic carbocycles. The molecule has 2 heterocycles. The first-order chi connectivity index (χ1) is 15.6. The Labute approximate surface area is 187 Å². The van der Waals surface area contributed by atoms with Crippen molar-refractivity contribution in [1.82, 2.24) is 14.9 Å². The molecule has 0 amide bonds. The fraction of sp³-hybridized carbons (Fsp3) is 0.231. The summed E-state index contributed by atoms with van der Waals surface area (Å²) in [5.41, 5.74) is 4.86. The Morgan fingerprint density at radius 3 is 2.25 bits per heavy atom. The molecule has 0 spiro atoms. The zero-order chi connectivity index (χ0) is 22.5. The second-order valence-corrected chi connectivity index (χ2v) is 7.77. The van der Waals surface area contributed by atoms with E-state index in [1.165, 1.54) is 5.56 Å². The summed E-state index contributed by atoms with van der Waals surface area (Å²) in [6.45, 7) is 3.64. The number of aryl methyl sites for hydroxylation is 1. The third kappa shape index (κ3) is 4.65. The normalized spacial score (nSPS) is 11.0. The fourth-order valence-electron chi connectivity index (χ4n) is 3.77. The number of ether oxygens (including phenoxy) is 2. The largest absolute Gasteiger partial charge is 0.493 e. The lowest BCUT2D eigenvalue weighted by atomic mass is 10.1. The van der Waals surface area contributed by atoms with Crippen LogP contribution in [-0.4, -0.2) is 23.8 Å². The maximum absolute atomic E-state index is 13.5. The van der Waals surface area contributed by atoms with Crippen LogP contribution in [0.3, 0.4) is 0 Å². The molecule has 0 atom stereocenters. The average Bonchev–Trinajstić information content (AvgIpc) is 2.82. The maximum Gasteiger partial charge on any atom is 0.255 e. The molecule has 0 aliphatic heterocycles. The van der Waals surface area contributed by atoms with Crippen molar-refractivity contribution >= 4 is 10.9 Å². The van der Waals surface area contributed by atoms with Crippen LogP contribution >= 0.6 is 0 Å². The topological polar surface area (TPSA) is 65.4 Å². The van der Waals surface area contributed by atoms with Gasteiger partial charge in [-0.05, 0) is 42.3 Å². The Hall–Kier alpha value is -3.64. The number of rotatable bonds is 8. The predicted molar refractivity (Wildman–Crippen MR) is 126 cm³/mol. The van der Waals surface area contributed by atoms with Crippen molar-refractivity contribution in [2.24, 2.45) is 0 Å². The van der Waals surface area contributed by atoms with Crippen molar-refractivity contribution in [2.75, 3.05) is 14.2 Å². The molecule has 32 heavy (non-hydrogen) atoms. The molecule has 0 unspecified atom stereocenters. The van der Waals surface area contributed by atoms with E-state index < -0.39 is 0 Å². The van der Waals surface area contributed by atoms with E-state index in [1.54, 1.807) is 26.6 Å². The van der Waals surface area contributed by atoms with Gasteiger partial charge < -0.3 is 19.4 Å². The van der Waals surface area contributed by atoms with E-state index in [4.69, 9.17) is 9.47 Å². The summed E-state index contributed by atoms with van der Waals surface area (Å²) in [5.74, 6) is 1.23. The third-order valence-electron chi connectivity index (χ3n) is 5.53. The van der Waals surface area contributed by atoms with Gasteiger partial charge >= 0.3 is 0 Å². The standard InChI is InChI=1S/C26H27N3O3/c1-18-4-6-20(7-5-18)17-29-23-14-25(32-3)24(31-2)13-21(23)12-22(26(29)30)16-28-15-19-8-10-27-11-9-19/h4-14,28H,15-17H2,1-3H3. The lowest BCUT2D eigenvalue weighted by Gasteiger charge is -2.16. The van der Waals surface area contributed by atoms with Crippen molar-refractivity contribution in [3.05, 3.63) is 99.6 Å². The molecule has 4 rings (SSSR count). The summed E-state index contributed by atoms with van der Waals surface area (Å²) in [6, 6.07) is 17.9. The van der Waals surface area contributed by atoms with E-state index >= 15 is 0 Å². The molecule has 1 N–H and O–H groups in total. The Morgan fingerprint density at radius 2 is 1.56 bits per heavy atom. The number of fused-ring (bicyclic) bond motifs is 1. The molecular formula is C26H27N3O3. The van der Waals surface area contributed by atoms with Crippen LogP contribution in [-0.2, 0) is 19.6 Å². The van der Waals surface area contributed by atoms with Gasteiger partial charge in [-0.25, -0.2) is 0 Å². The maximum atomic E-state index is 13.5. The number of pyridine rings is 2. The Morgan fingerprint density at radius 1 is 0.875 bits per heavy atom. The van der Waals surface area contributed by atoms with E-state index in [0.717, 1.165) is 22.0 Å². The summed E-state index contributed by atoms with van der Waals surface area (Å²) < 4.78 is 12.8. The van der Waals surface area contributed by atoms with Gasteiger partial charge in [-0.15, -0.1) is 0 Å². The van der Waals surface area contributed by atoms with Crippen LogP contribution in [0.4, 0.5) is 0 Å². The van der Waals surface area contributed by atoms with Crippen LogP contribution < -0.4 is 20.3 Å². The third-order valence-corrected chi connectivity index (χ3v) is 5.53. The summed E-state index contributed by atoms with van der Waals surface area (Å²) in [4.78, 5) is 17.5. The molecule has 2 aromatic carbocycles. The first-order valence-electron chi connectivity index (χ1n) is 10.5. The molecule has 0 bridgehead atoms. The molecule has 2 aromatic heterocycles. The number of hydrogen-bond donors (Lipinski definition) is 1. The number of methoxy groups -OCH3 is 2. The molecular weight excluding hydrogens is 402 g/mol. The van der Waals surface area contributed by atoms with Crippen LogP contribution in [0.1, 0.15) is 22.3 Å². The molecule has 4 aromatic rings. The molecule has 6 nitrogen and oxygen atoms in total. The van der Waals surface area contributed by atoms with E-state index in [2.05, 4.69) is 41.5 Å². The van der Waals surface area contributed by atoms with Gasteiger partial charge in [0.25, 0.3) is 5.56 Å². The minimum absolute atomic E-state index is 0.0208. The van der Waals surface area contributed by atoms with Gasteiger partial charge in [0.15, 0.2) is 11.5 Å². The number of aromatic nitrogens is 2. The monoisotopic (exact) mass is 429 g/mol. The Balaban J connectivity index is 1.75. The highest BCUT2D eigenvalue weighted by molar-refractivity contribution is 5.84. The zero-order valence-corrected chi connectivity index (χ0v) is 18.6. The van der Waals surface area contributed by atoms with Gasteiger partial charge in [0.05, 0.1) is 26.3 Å². The highest BCUT2D eigenvalue weighted by Crippen LogP contribution is 2.32. The SMILES string of the molecule is COc1cc2cc(CNCc3ccncc3)c(=O)n(Cc3ccc(C)cc3)c2cc1OC. The molecule has 0 saturated heterocycles. The molecule has 164 valence electrons. The Bertz CT molecular complexity index is 1270. The zero-order valence-electron chi connectivity index (χ0n) is 18.6. The molecule has 6 heteroatoms. The average molecular weight is 430 g/mol. The summed E-state index contributed by atoms with van der Waals surface area (Å²) >= 11 is 0. The van der Waals surface area contributed by atoms with E-state index in [0.29, 0.717) is 36.7 Å². The minimum atomic E-state index is -0.0208. The lowest BCUT2D eigenvalue weighted by Crippen LogP contribution is -2.28. The Kier molecular flexibility index (Phi) is 6.52. The van der Waals surface area contributed by atoms with E-state index in [-0.39, 0.29) is 5.56 Å². The van der Waals surface area contributed by atoms with Gasteiger partial charge in [-0.2, -0.15) is 0 Å². The van der Waals surface area contributed by atoms with E-state index in [1.807, 2.05) is 34.9 Å². The predicted octanol–water partition coefficient (Wildman–Crippen LogP) is 4.06. The van der Waals surface area contributed by atoms with Gasteiger partial charge in [0.1, 0.15) is 0 Å². The second kappa shape index (κ2) is 9.66. The van der Waals surface area contributed by atoms with Crippen molar-refractivity contribution in [3.8, 4) is 11.5 Å². The number of benzene rings is 2. The number of nitrogens with one attached hydrogen (secondary N) is 1. The van der Waals surface area contributed by atoms with Crippen LogP contribution in [0, 0.1) is 6.92 Å². The second-order valence-electron chi connectivity index (χ2n) is 7.77. The van der Waals surface area contributed by atoms with Gasteiger partial charge in [-0.3, -0.25) is 9.78 Å². The minimum Gasteiger partial charge on any atom is -0.493 e. The van der Waals surface area contributed by atoms with Crippen molar-refractivity contribution in [3.63, 3.8) is 0 Å². The van der Waals surface area contributed by atoms with Crippen molar-refractivity contribution < 1.29 is 9.47 Å². The summed E-state index contributed by atoms with van der Waals surface area (Å²) in [7, 11) is 3.21. The quantitative estimate of drug-likeness (QED) is 0.458. The van der Waals surface area contributed by atoms with Gasteiger partial charge in [0.2, 0.25) is 0 Å². The van der Waals surface area contributed by atoms with Crippen LogP contribution in [0.25, 0.3) is 10.9 Å². The molecule has 0 radical (unpaired) electrons. The first kappa shape index (κ1) is 21.6. The fourth-order valence-corrected chi connectivity index (χ4v) is 3.77. The smallest absolute Gasteiger partial charge is 0.255 e. The highest BCUT2D eigenvalue weighted by Gasteiger charge is 2.14. The molecule has 0 saturated carbocycles. The summed E-state index contributed by atoms with van der Waals surface area (Å²) in [6.07, 6.45) is 3.53. The van der Waals surface area contributed by atoms with Gasteiger partial charge in [0, 0.05) is 42.5 Å². The van der Waals surface area contributed by atoms with Gasteiger partial charge in [-0.1, -0.05) is 29.8 Å². The van der Waals surface area contributed by atoms with Crippen LogP contribution in [0.2, 0.25) is 0 Å². The number of hydrogen-bond acceptors (Lipinski definition) is 5. The van der Waals surface area contributed by atoms with Crippen molar-refractivity contribution in [2.45, 2.75) is 26.6 Å². The number of nitrogens with zero attached hydrogens (tertiary/aromatic N) is 2. The lowest BCUT2D eigenvalue weighted by molar-refractivity contribution is 0.355. The molecule has 0 fully saturated rings. The highest BCUT2D eigenvalue weighted by atomic mass is 16.5.